The Morgan fingerprint density at radius 2 is 1.50 bits per heavy atom. The molecule has 78 valence electrons. The molecular weight excluding hydrogens is 318 g/mol. The molecule has 0 aromatic heterocycles. The molecule has 0 aliphatic rings. The van der Waals surface area contributed by atoms with Crippen LogP contribution in [0.25, 0.3) is 0 Å². The molecule has 1 rings (SSSR count). The largest absolute Gasteiger partial charge is 0.207 e. The zero-order valence-electron chi connectivity index (χ0n) is 7.44. The first-order chi connectivity index (χ1) is 6.65. The van der Waals surface area contributed by atoms with Gasteiger partial charge in [0.2, 0.25) is 0 Å². The molecule has 0 N–H and O–H groups in total. The van der Waals surface area contributed by atoms with Crippen LogP contribution in [-0.2, 0) is 6.42 Å². The maximum atomic E-state index is 12.8. The van der Waals surface area contributed by atoms with E-state index in [-0.39, 0.29) is 0 Å². The lowest BCUT2D eigenvalue weighted by Crippen LogP contribution is -2.07. The van der Waals surface area contributed by atoms with Crippen LogP contribution in [0, 0.1) is 17.6 Å². The van der Waals surface area contributed by atoms with E-state index in [4.69, 9.17) is 0 Å². The van der Waals surface area contributed by atoms with Crippen molar-refractivity contribution in [1.29, 1.82) is 0 Å². The first-order valence-electron chi connectivity index (χ1n) is 4.22. The Kier molecular flexibility index (Phi) is 5.02. The quantitative estimate of drug-likeness (QED) is 0.735. The highest BCUT2D eigenvalue weighted by Gasteiger charge is 2.08. The van der Waals surface area contributed by atoms with Gasteiger partial charge in [-0.1, -0.05) is 31.9 Å². The monoisotopic (exact) mass is 326 g/mol. The number of hydrogen-bond acceptors (Lipinski definition) is 0. The van der Waals surface area contributed by atoms with Crippen LogP contribution in [0.5, 0.6) is 0 Å². The van der Waals surface area contributed by atoms with Gasteiger partial charge < -0.3 is 0 Å². The van der Waals surface area contributed by atoms with Crippen LogP contribution < -0.4 is 0 Å². The summed E-state index contributed by atoms with van der Waals surface area (Å²) in [6.45, 7) is 0. The third-order valence-corrected chi connectivity index (χ3v) is 3.71. The Morgan fingerprint density at radius 3 is 1.93 bits per heavy atom. The Labute approximate surface area is 99.0 Å². The summed E-state index contributed by atoms with van der Waals surface area (Å²) in [7, 11) is 0. The van der Waals surface area contributed by atoms with Gasteiger partial charge in [0.25, 0.3) is 0 Å². The Balaban J connectivity index is 2.75. The van der Waals surface area contributed by atoms with Gasteiger partial charge in [-0.2, -0.15) is 0 Å². The fraction of sp³-hybridized carbons (Fsp3) is 0.400. The van der Waals surface area contributed by atoms with Crippen molar-refractivity contribution >= 4 is 31.9 Å². The topological polar surface area (TPSA) is 0 Å². The number of rotatable bonds is 4. The molecule has 14 heavy (non-hydrogen) atoms. The van der Waals surface area contributed by atoms with Crippen LogP contribution in [0.3, 0.4) is 0 Å². The molecule has 0 aliphatic heterocycles. The summed E-state index contributed by atoms with van der Waals surface area (Å²) in [5.41, 5.74) is 0.700. The molecule has 0 heterocycles. The third kappa shape index (κ3) is 3.65. The molecule has 0 spiro atoms. The van der Waals surface area contributed by atoms with Crippen molar-refractivity contribution < 1.29 is 8.78 Å². The standard InChI is InChI=1S/C10H10Br2F2/c11-5-8(6-12)1-7-2-9(13)4-10(14)3-7/h2-4,8H,1,5-6H2. The maximum Gasteiger partial charge on any atom is 0.126 e. The number of halogens is 4. The van der Waals surface area contributed by atoms with Crippen molar-refractivity contribution in [3.8, 4) is 0 Å². The molecule has 1 aromatic carbocycles. The fourth-order valence-corrected chi connectivity index (χ4v) is 2.74. The molecule has 0 fully saturated rings. The van der Waals surface area contributed by atoms with Crippen LogP contribution in [-0.4, -0.2) is 10.7 Å². The van der Waals surface area contributed by atoms with E-state index in [1.165, 1.54) is 12.1 Å². The van der Waals surface area contributed by atoms with Crippen molar-refractivity contribution in [2.24, 2.45) is 5.92 Å². The Hall–Kier alpha value is 0.0400. The molecule has 1 aromatic rings. The minimum atomic E-state index is -0.511. The van der Waals surface area contributed by atoms with Crippen LogP contribution in [0.15, 0.2) is 18.2 Å². The van der Waals surface area contributed by atoms with Gasteiger partial charge in [0.05, 0.1) is 0 Å². The molecule has 0 amide bonds. The number of hydrogen-bond donors (Lipinski definition) is 0. The van der Waals surface area contributed by atoms with E-state index < -0.39 is 11.6 Å². The second-order valence-corrected chi connectivity index (χ2v) is 4.45. The summed E-state index contributed by atoms with van der Waals surface area (Å²) < 4.78 is 25.6. The second kappa shape index (κ2) is 5.81. The van der Waals surface area contributed by atoms with E-state index in [1.807, 2.05) is 0 Å². The Morgan fingerprint density at radius 1 is 1.00 bits per heavy atom. The van der Waals surface area contributed by atoms with Crippen molar-refractivity contribution in [3.05, 3.63) is 35.4 Å². The van der Waals surface area contributed by atoms with E-state index in [9.17, 15) is 8.78 Å². The molecule has 4 heteroatoms. The van der Waals surface area contributed by atoms with E-state index >= 15 is 0 Å². The maximum absolute atomic E-state index is 12.8. The highest BCUT2D eigenvalue weighted by molar-refractivity contribution is 9.09. The number of benzene rings is 1. The smallest absolute Gasteiger partial charge is 0.126 e. The van der Waals surface area contributed by atoms with E-state index in [0.29, 0.717) is 17.9 Å². The minimum Gasteiger partial charge on any atom is -0.207 e. The summed E-state index contributed by atoms with van der Waals surface area (Å²) >= 11 is 6.71. The third-order valence-electron chi connectivity index (χ3n) is 1.88. The van der Waals surface area contributed by atoms with E-state index in [1.54, 1.807) is 0 Å². The molecule has 0 saturated carbocycles. The molecular formula is C10H10Br2F2. The minimum absolute atomic E-state index is 0.358. The molecule has 0 radical (unpaired) electrons. The SMILES string of the molecule is Fc1cc(F)cc(CC(CBr)CBr)c1. The molecule has 0 atom stereocenters. The van der Waals surface area contributed by atoms with E-state index in [2.05, 4.69) is 31.9 Å². The van der Waals surface area contributed by atoms with Gasteiger partial charge in [-0.15, -0.1) is 0 Å². The predicted octanol–water partition coefficient (Wildman–Crippen LogP) is 3.91. The normalized spacial score (nSPS) is 10.9. The van der Waals surface area contributed by atoms with Crippen molar-refractivity contribution in [2.75, 3.05) is 10.7 Å². The summed E-state index contributed by atoms with van der Waals surface area (Å²) in [5, 5.41) is 1.63. The van der Waals surface area contributed by atoms with Gasteiger partial charge in [-0.3, -0.25) is 0 Å². The van der Waals surface area contributed by atoms with E-state index in [0.717, 1.165) is 16.7 Å². The zero-order valence-corrected chi connectivity index (χ0v) is 10.6. The van der Waals surface area contributed by atoms with Gasteiger partial charge in [0.1, 0.15) is 11.6 Å². The van der Waals surface area contributed by atoms with Gasteiger partial charge >= 0.3 is 0 Å². The first-order valence-corrected chi connectivity index (χ1v) is 6.47. The van der Waals surface area contributed by atoms with Crippen molar-refractivity contribution in [2.45, 2.75) is 6.42 Å². The molecule has 0 saturated heterocycles. The fourth-order valence-electron chi connectivity index (χ4n) is 1.21. The highest BCUT2D eigenvalue weighted by Crippen LogP contribution is 2.16. The summed E-state index contributed by atoms with van der Waals surface area (Å²) in [4.78, 5) is 0. The van der Waals surface area contributed by atoms with Crippen molar-refractivity contribution in [1.82, 2.24) is 0 Å². The first kappa shape index (κ1) is 12.1. The van der Waals surface area contributed by atoms with Gasteiger partial charge in [0.15, 0.2) is 0 Å². The average Bonchev–Trinajstić information content (AvgIpc) is 2.12. The molecule has 0 aliphatic carbocycles. The predicted molar refractivity (Wildman–Crippen MR) is 61.1 cm³/mol. The van der Waals surface area contributed by atoms with Crippen LogP contribution in [0.4, 0.5) is 8.78 Å². The lowest BCUT2D eigenvalue weighted by Gasteiger charge is -2.10. The van der Waals surface area contributed by atoms with Crippen molar-refractivity contribution in [3.63, 3.8) is 0 Å². The van der Waals surface area contributed by atoms with Gasteiger partial charge in [0, 0.05) is 16.7 Å². The molecule has 0 nitrogen and oxygen atoms in total. The van der Waals surface area contributed by atoms with Gasteiger partial charge in [-0.05, 0) is 30.0 Å². The zero-order chi connectivity index (χ0) is 10.6. The Bertz CT molecular complexity index is 278. The lowest BCUT2D eigenvalue weighted by atomic mass is 10.0. The molecule has 0 unspecified atom stereocenters. The summed E-state index contributed by atoms with van der Waals surface area (Å²) in [6, 6.07) is 3.64. The average molecular weight is 328 g/mol. The molecule has 0 bridgehead atoms. The highest BCUT2D eigenvalue weighted by atomic mass is 79.9. The van der Waals surface area contributed by atoms with Crippen LogP contribution in [0.1, 0.15) is 5.56 Å². The lowest BCUT2D eigenvalue weighted by molar-refractivity contribution is 0.574. The second-order valence-electron chi connectivity index (χ2n) is 3.16. The number of alkyl halides is 2. The van der Waals surface area contributed by atoms with Gasteiger partial charge in [-0.25, -0.2) is 8.78 Å². The van der Waals surface area contributed by atoms with Crippen LogP contribution >= 0.6 is 31.9 Å². The summed E-state index contributed by atoms with van der Waals surface area (Å²) in [6.07, 6.45) is 0.672. The summed E-state index contributed by atoms with van der Waals surface area (Å²) in [5.74, 6) is -0.665. The van der Waals surface area contributed by atoms with Crippen LogP contribution in [0.2, 0.25) is 0 Å².